The van der Waals surface area contributed by atoms with Crippen molar-refractivity contribution in [2.75, 3.05) is 11.8 Å². The second-order valence-corrected chi connectivity index (χ2v) is 6.90. The van der Waals surface area contributed by atoms with E-state index in [2.05, 4.69) is 14.4 Å². The largest absolute Gasteiger partial charge is 0.465 e. The number of aromatic nitrogens is 1. The van der Waals surface area contributed by atoms with E-state index in [1.165, 1.54) is 25.4 Å². The van der Waals surface area contributed by atoms with Crippen LogP contribution in [0.5, 0.6) is 0 Å². The van der Waals surface area contributed by atoms with Crippen LogP contribution in [-0.4, -0.2) is 26.5 Å². The number of rotatable bonds is 4. The number of anilines is 1. The van der Waals surface area contributed by atoms with Gasteiger partial charge in [0, 0.05) is 6.20 Å². The normalized spacial score (nSPS) is 11.2. The number of carbonyl (C=O) groups excluding carboxylic acids is 1. The first-order valence-corrected chi connectivity index (χ1v) is 8.40. The van der Waals surface area contributed by atoms with Gasteiger partial charge < -0.3 is 4.74 Å². The number of thiophene rings is 1. The molecule has 21 heavy (non-hydrogen) atoms. The van der Waals surface area contributed by atoms with E-state index in [0.29, 0.717) is 5.56 Å². The number of hydrogen-bond acceptors (Lipinski definition) is 6. The van der Waals surface area contributed by atoms with Crippen molar-refractivity contribution in [3.63, 3.8) is 0 Å². The molecule has 0 amide bonds. The molecule has 0 aliphatic rings. The van der Waals surface area contributed by atoms with Gasteiger partial charge in [-0.1, -0.05) is 11.6 Å². The summed E-state index contributed by atoms with van der Waals surface area (Å²) in [6.07, 6.45) is 1.39. The summed E-state index contributed by atoms with van der Waals surface area (Å²) in [6.45, 7) is 1.69. The third-order valence-corrected chi connectivity index (χ3v) is 5.47. The Morgan fingerprint density at radius 1 is 1.48 bits per heavy atom. The first-order valence-electron chi connectivity index (χ1n) is 5.66. The third kappa shape index (κ3) is 3.17. The van der Waals surface area contributed by atoms with Crippen molar-refractivity contribution in [3.8, 4) is 0 Å². The minimum atomic E-state index is -3.95. The van der Waals surface area contributed by atoms with E-state index < -0.39 is 16.0 Å². The molecule has 0 unspecified atom stereocenters. The van der Waals surface area contributed by atoms with Crippen molar-refractivity contribution in [1.82, 2.24) is 4.98 Å². The minimum absolute atomic E-state index is 0.141. The highest BCUT2D eigenvalue weighted by molar-refractivity contribution is 7.92. The van der Waals surface area contributed by atoms with Crippen molar-refractivity contribution in [3.05, 3.63) is 39.3 Å². The van der Waals surface area contributed by atoms with Crippen LogP contribution < -0.4 is 4.72 Å². The van der Waals surface area contributed by atoms with Gasteiger partial charge in [0.25, 0.3) is 10.0 Å². The van der Waals surface area contributed by atoms with Crippen LogP contribution in [0.25, 0.3) is 0 Å². The Morgan fingerprint density at radius 3 is 2.81 bits per heavy atom. The lowest BCUT2D eigenvalue weighted by Crippen LogP contribution is -2.16. The molecule has 2 heterocycles. The Kier molecular flexibility index (Phi) is 4.50. The molecule has 0 saturated heterocycles. The Labute approximate surface area is 130 Å². The van der Waals surface area contributed by atoms with Gasteiger partial charge in [-0.2, -0.15) is 0 Å². The number of aryl methyl sites for hydroxylation is 1. The van der Waals surface area contributed by atoms with Gasteiger partial charge in [-0.3, -0.25) is 4.72 Å². The molecule has 0 spiro atoms. The van der Waals surface area contributed by atoms with E-state index in [9.17, 15) is 13.2 Å². The number of methoxy groups -OCH3 is 1. The molecule has 2 aromatic heterocycles. The lowest BCUT2D eigenvalue weighted by atomic mass is 10.3. The highest BCUT2D eigenvalue weighted by atomic mass is 35.5. The van der Waals surface area contributed by atoms with Gasteiger partial charge in [-0.05, 0) is 30.0 Å². The molecule has 0 saturated carbocycles. The summed E-state index contributed by atoms with van der Waals surface area (Å²) >= 11 is 6.90. The van der Waals surface area contributed by atoms with Crippen LogP contribution in [0.1, 0.15) is 15.2 Å². The fraction of sp³-hybridized carbons (Fsp3) is 0.167. The number of esters is 1. The molecular formula is C12H11ClN2O4S2. The highest BCUT2D eigenvalue weighted by Gasteiger charge is 2.24. The summed E-state index contributed by atoms with van der Waals surface area (Å²) < 4.78 is 31.7. The van der Waals surface area contributed by atoms with E-state index >= 15 is 0 Å². The fourth-order valence-corrected chi connectivity index (χ4v) is 4.16. The Balaban J connectivity index is 2.45. The van der Waals surface area contributed by atoms with Crippen molar-refractivity contribution in [2.45, 2.75) is 11.8 Å². The average Bonchev–Trinajstić information content (AvgIpc) is 2.79. The maximum absolute atomic E-state index is 12.4. The van der Waals surface area contributed by atoms with Crippen LogP contribution in [0.2, 0.25) is 5.15 Å². The molecular weight excluding hydrogens is 336 g/mol. The molecule has 0 radical (unpaired) electrons. The van der Waals surface area contributed by atoms with Crippen LogP contribution in [-0.2, 0) is 14.8 Å². The van der Waals surface area contributed by atoms with E-state index in [4.69, 9.17) is 11.6 Å². The molecule has 2 aromatic rings. The number of pyridine rings is 1. The van der Waals surface area contributed by atoms with Crippen molar-refractivity contribution >= 4 is 44.6 Å². The molecule has 112 valence electrons. The lowest BCUT2D eigenvalue weighted by Gasteiger charge is -2.10. The van der Waals surface area contributed by atoms with Gasteiger partial charge >= 0.3 is 5.97 Å². The van der Waals surface area contributed by atoms with Gasteiger partial charge in [-0.25, -0.2) is 18.2 Å². The van der Waals surface area contributed by atoms with E-state index in [1.54, 1.807) is 12.3 Å². The van der Waals surface area contributed by atoms with E-state index in [1.807, 2.05) is 0 Å². The summed E-state index contributed by atoms with van der Waals surface area (Å²) in [4.78, 5) is 15.4. The predicted octanol–water partition coefficient (Wildman–Crippen LogP) is 2.69. The standard InChI is InChI=1S/C12H11ClN2O4S2/c1-7-6-20-10(12(16)19-2)9(7)15-21(17,18)8-4-3-5-14-11(8)13/h3-6,15H,1-2H3. The number of carbonyl (C=O) groups is 1. The molecule has 0 aliphatic heterocycles. The minimum Gasteiger partial charge on any atom is -0.465 e. The number of ether oxygens (including phenoxy) is 1. The highest BCUT2D eigenvalue weighted by Crippen LogP contribution is 2.31. The van der Waals surface area contributed by atoms with E-state index in [0.717, 1.165) is 11.3 Å². The van der Waals surface area contributed by atoms with Gasteiger partial charge in [0.2, 0.25) is 0 Å². The summed E-state index contributed by atoms with van der Waals surface area (Å²) in [5.74, 6) is -0.608. The van der Waals surface area contributed by atoms with Crippen LogP contribution in [0.15, 0.2) is 28.6 Å². The summed E-state index contributed by atoms with van der Waals surface area (Å²) in [7, 11) is -2.72. The Hall–Kier alpha value is -1.64. The van der Waals surface area contributed by atoms with Crippen molar-refractivity contribution in [2.24, 2.45) is 0 Å². The molecule has 0 atom stereocenters. The summed E-state index contributed by atoms with van der Waals surface area (Å²) in [5, 5.41) is 1.52. The first-order chi connectivity index (χ1) is 9.86. The molecule has 1 N–H and O–H groups in total. The van der Waals surface area contributed by atoms with Crippen molar-refractivity contribution < 1.29 is 17.9 Å². The molecule has 2 rings (SSSR count). The van der Waals surface area contributed by atoms with Gasteiger partial charge in [0.05, 0.1) is 12.8 Å². The molecule has 9 heteroatoms. The smallest absolute Gasteiger partial charge is 0.350 e. The van der Waals surface area contributed by atoms with Gasteiger partial charge in [-0.15, -0.1) is 11.3 Å². The number of sulfonamides is 1. The monoisotopic (exact) mass is 346 g/mol. The zero-order chi connectivity index (χ0) is 15.6. The molecule has 0 aliphatic carbocycles. The van der Waals surface area contributed by atoms with Gasteiger partial charge in [0.1, 0.15) is 14.9 Å². The molecule has 0 aromatic carbocycles. The second-order valence-electron chi connectivity index (χ2n) is 4.01. The van der Waals surface area contributed by atoms with E-state index in [-0.39, 0.29) is 20.6 Å². The quantitative estimate of drug-likeness (QED) is 0.679. The van der Waals surface area contributed by atoms with Crippen molar-refractivity contribution in [1.29, 1.82) is 0 Å². The van der Waals surface area contributed by atoms with Crippen LogP contribution in [0.4, 0.5) is 5.69 Å². The van der Waals surface area contributed by atoms with Crippen LogP contribution >= 0.6 is 22.9 Å². The SMILES string of the molecule is COC(=O)c1scc(C)c1NS(=O)(=O)c1cccnc1Cl. The average molecular weight is 347 g/mol. The first kappa shape index (κ1) is 15.7. The second kappa shape index (κ2) is 6.00. The molecule has 0 bridgehead atoms. The Morgan fingerprint density at radius 2 is 2.19 bits per heavy atom. The predicted molar refractivity (Wildman–Crippen MR) is 80.5 cm³/mol. The topological polar surface area (TPSA) is 85.4 Å². The number of nitrogens with zero attached hydrogens (tertiary/aromatic N) is 1. The Bertz CT molecular complexity index is 786. The zero-order valence-corrected chi connectivity index (χ0v) is 13.5. The zero-order valence-electron chi connectivity index (χ0n) is 11.1. The maximum Gasteiger partial charge on any atom is 0.350 e. The maximum atomic E-state index is 12.4. The number of halogens is 1. The summed E-state index contributed by atoms with van der Waals surface area (Å²) in [5.41, 5.74) is 0.802. The summed E-state index contributed by atoms with van der Waals surface area (Å²) in [6, 6.07) is 2.79. The number of hydrogen-bond donors (Lipinski definition) is 1. The van der Waals surface area contributed by atoms with Crippen LogP contribution in [0, 0.1) is 6.92 Å². The third-order valence-electron chi connectivity index (χ3n) is 2.60. The molecule has 6 nitrogen and oxygen atoms in total. The fourth-order valence-electron chi connectivity index (χ4n) is 1.58. The van der Waals surface area contributed by atoms with Gasteiger partial charge in [0.15, 0.2) is 0 Å². The van der Waals surface area contributed by atoms with Crippen LogP contribution in [0.3, 0.4) is 0 Å². The number of nitrogens with one attached hydrogen (secondary N) is 1. The lowest BCUT2D eigenvalue weighted by molar-refractivity contribution is 0.0607. The molecule has 0 fully saturated rings.